The number of rotatable bonds is 4. The third kappa shape index (κ3) is 3.26. The van der Waals surface area contributed by atoms with Crippen molar-refractivity contribution in [2.24, 2.45) is 0 Å². The minimum Gasteiger partial charge on any atom is -0.392 e. The number of aromatic nitrogens is 2. The van der Waals surface area contributed by atoms with E-state index in [1.54, 1.807) is 31.3 Å². The first-order chi connectivity index (χ1) is 9.22. The minimum atomic E-state index is -0.332. The first-order valence-corrected chi connectivity index (χ1v) is 5.74. The van der Waals surface area contributed by atoms with Crippen molar-refractivity contribution in [1.29, 1.82) is 0 Å². The van der Waals surface area contributed by atoms with E-state index in [0.29, 0.717) is 11.5 Å². The number of nitrogens with zero attached hydrogens (tertiary/aromatic N) is 2. The average Bonchev–Trinajstić information content (AvgIpc) is 2.48. The van der Waals surface area contributed by atoms with Crippen molar-refractivity contribution in [3.8, 4) is 0 Å². The molecule has 0 aliphatic rings. The number of carbonyl (C=O) groups excluding carboxylic acids is 1. The Balaban J connectivity index is 2.11. The molecule has 1 aromatic heterocycles. The fourth-order valence-electron chi connectivity index (χ4n) is 1.48. The molecule has 0 atom stereocenters. The number of nitrogens with one attached hydrogen (secondary N) is 2. The number of carbonyl (C=O) groups is 1. The summed E-state index contributed by atoms with van der Waals surface area (Å²) < 4.78 is 0. The van der Waals surface area contributed by atoms with Gasteiger partial charge in [0.15, 0.2) is 0 Å². The summed E-state index contributed by atoms with van der Waals surface area (Å²) in [5.41, 5.74) is 1.66. The van der Waals surface area contributed by atoms with Crippen LogP contribution in [0.1, 0.15) is 16.1 Å². The van der Waals surface area contributed by atoms with Crippen molar-refractivity contribution < 1.29 is 9.90 Å². The maximum Gasteiger partial charge on any atom is 0.275 e. The third-order valence-electron chi connectivity index (χ3n) is 2.52. The second-order valence-corrected chi connectivity index (χ2v) is 3.85. The molecule has 6 nitrogen and oxygen atoms in total. The van der Waals surface area contributed by atoms with Gasteiger partial charge >= 0.3 is 0 Å². The topological polar surface area (TPSA) is 87.1 Å². The van der Waals surface area contributed by atoms with Gasteiger partial charge in [-0.3, -0.25) is 9.78 Å². The van der Waals surface area contributed by atoms with Crippen LogP contribution in [0.25, 0.3) is 0 Å². The molecule has 0 fully saturated rings. The molecule has 0 saturated heterocycles. The van der Waals surface area contributed by atoms with Gasteiger partial charge in [-0.05, 0) is 17.7 Å². The summed E-state index contributed by atoms with van der Waals surface area (Å²) in [7, 11) is 1.71. The Labute approximate surface area is 110 Å². The first kappa shape index (κ1) is 13.0. The van der Waals surface area contributed by atoms with Gasteiger partial charge in [0.05, 0.1) is 19.0 Å². The zero-order valence-corrected chi connectivity index (χ0v) is 10.4. The van der Waals surface area contributed by atoms with Crippen molar-refractivity contribution in [3.63, 3.8) is 0 Å². The van der Waals surface area contributed by atoms with Crippen molar-refractivity contribution in [2.75, 3.05) is 17.7 Å². The Kier molecular flexibility index (Phi) is 4.04. The van der Waals surface area contributed by atoms with Crippen LogP contribution in [0.4, 0.5) is 11.5 Å². The molecule has 2 rings (SSSR count). The quantitative estimate of drug-likeness (QED) is 0.768. The van der Waals surface area contributed by atoms with Gasteiger partial charge in [0.25, 0.3) is 5.91 Å². The fraction of sp³-hybridized carbons (Fsp3) is 0.154. The van der Waals surface area contributed by atoms with Gasteiger partial charge in [-0.25, -0.2) is 4.98 Å². The normalized spacial score (nSPS) is 10.0. The number of hydrogen-bond donors (Lipinski definition) is 3. The highest BCUT2D eigenvalue weighted by atomic mass is 16.3. The Morgan fingerprint density at radius 1 is 1.26 bits per heavy atom. The molecule has 3 N–H and O–H groups in total. The van der Waals surface area contributed by atoms with E-state index >= 15 is 0 Å². The molecule has 0 radical (unpaired) electrons. The maximum absolute atomic E-state index is 11.9. The highest BCUT2D eigenvalue weighted by molar-refractivity contribution is 6.02. The largest absolute Gasteiger partial charge is 0.392 e. The molecule has 0 aliphatic carbocycles. The summed E-state index contributed by atoms with van der Waals surface area (Å²) in [6.07, 6.45) is 2.94. The summed E-state index contributed by atoms with van der Waals surface area (Å²) in [4.78, 5) is 20.0. The lowest BCUT2D eigenvalue weighted by Gasteiger charge is -2.06. The molecular weight excluding hydrogens is 244 g/mol. The molecule has 1 amide bonds. The summed E-state index contributed by atoms with van der Waals surface area (Å²) >= 11 is 0. The smallest absolute Gasteiger partial charge is 0.275 e. The number of hydrogen-bond acceptors (Lipinski definition) is 5. The van der Waals surface area contributed by atoms with E-state index in [4.69, 9.17) is 5.11 Å². The second kappa shape index (κ2) is 5.92. The Hall–Kier alpha value is -2.47. The predicted octanol–water partition coefficient (Wildman–Crippen LogP) is 1.26. The van der Waals surface area contributed by atoms with Crippen LogP contribution in [0, 0.1) is 0 Å². The molecule has 2 aromatic rings. The van der Waals surface area contributed by atoms with Gasteiger partial charge in [0.1, 0.15) is 11.5 Å². The molecule has 6 heteroatoms. The number of aliphatic hydroxyl groups is 1. The zero-order valence-electron chi connectivity index (χ0n) is 10.4. The lowest BCUT2D eigenvalue weighted by Crippen LogP contribution is -2.14. The molecular formula is C13H14N4O2. The Bertz CT molecular complexity index is 569. The lowest BCUT2D eigenvalue weighted by atomic mass is 10.2. The van der Waals surface area contributed by atoms with Gasteiger partial charge in [-0.15, -0.1) is 0 Å². The van der Waals surface area contributed by atoms with Crippen LogP contribution in [0.5, 0.6) is 0 Å². The van der Waals surface area contributed by atoms with E-state index < -0.39 is 0 Å². The molecule has 0 bridgehead atoms. The summed E-state index contributed by atoms with van der Waals surface area (Å²) in [5, 5.41) is 14.5. The molecule has 0 aliphatic heterocycles. The van der Waals surface area contributed by atoms with Crippen molar-refractivity contribution >= 4 is 17.4 Å². The maximum atomic E-state index is 11.9. The van der Waals surface area contributed by atoms with Gasteiger partial charge in [0, 0.05) is 12.7 Å². The summed E-state index contributed by atoms with van der Waals surface area (Å²) in [6, 6.07) is 6.92. The number of anilines is 2. The monoisotopic (exact) mass is 258 g/mol. The standard InChI is InChI=1S/C13H14N4O2/c1-14-12-7-15-6-11(17-12)13(19)16-10-4-2-9(8-18)3-5-10/h2-7,18H,8H2,1H3,(H,14,17)(H,16,19). The molecule has 0 unspecified atom stereocenters. The summed E-state index contributed by atoms with van der Waals surface area (Å²) in [5.74, 6) is 0.199. The average molecular weight is 258 g/mol. The molecule has 98 valence electrons. The van der Waals surface area contributed by atoms with Gasteiger partial charge in [-0.2, -0.15) is 0 Å². The van der Waals surface area contributed by atoms with Gasteiger partial charge < -0.3 is 15.7 Å². The Morgan fingerprint density at radius 2 is 2.00 bits per heavy atom. The third-order valence-corrected chi connectivity index (χ3v) is 2.52. The van der Waals surface area contributed by atoms with E-state index in [9.17, 15) is 4.79 Å². The van der Waals surface area contributed by atoms with Gasteiger partial charge in [-0.1, -0.05) is 12.1 Å². The van der Waals surface area contributed by atoms with Crippen LogP contribution in [0.15, 0.2) is 36.7 Å². The number of benzene rings is 1. The highest BCUT2D eigenvalue weighted by Crippen LogP contribution is 2.11. The Morgan fingerprint density at radius 3 is 2.63 bits per heavy atom. The van der Waals surface area contributed by atoms with E-state index in [1.807, 2.05) is 0 Å². The molecule has 0 saturated carbocycles. The number of aliphatic hydroxyl groups excluding tert-OH is 1. The molecule has 1 aromatic carbocycles. The van der Waals surface area contributed by atoms with Crippen LogP contribution >= 0.6 is 0 Å². The fourth-order valence-corrected chi connectivity index (χ4v) is 1.48. The van der Waals surface area contributed by atoms with E-state index in [2.05, 4.69) is 20.6 Å². The van der Waals surface area contributed by atoms with Crippen LogP contribution in [-0.2, 0) is 6.61 Å². The zero-order chi connectivity index (χ0) is 13.7. The van der Waals surface area contributed by atoms with E-state index in [1.165, 1.54) is 12.4 Å². The molecule has 1 heterocycles. The van der Waals surface area contributed by atoms with Crippen LogP contribution in [-0.4, -0.2) is 28.0 Å². The van der Waals surface area contributed by atoms with E-state index in [0.717, 1.165) is 5.56 Å². The molecule has 0 spiro atoms. The lowest BCUT2D eigenvalue weighted by molar-refractivity contribution is 0.102. The van der Waals surface area contributed by atoms with Crippen LogP contribution in [0.3, 0.4) is 0 Å². The van der Waals surface area contributed by atoms with E-state index in [-0.39, 0.29) is 18.2 Å². The molecule has 19 heavy (non-hydrogen) atoms. The highest BCUT2D eigenvalue weighted by Gasteiger charge is 2.08. The van der Waals surface area contributed by atoms with Crippen molar-refractivity contribution in [1.82, 2.24) is 9.97 Å². The van der Waals surface area contributed by atoms with Crippen LogP contribution in [0.2, 0.25) is 0 Å². The van der Waals surface area contributed by atoms with Gasteiger partial charge in [0.2, 0.25) is 0 Å². The minimum absolute atomic E-state index is 0.0239. The number of amides is 1. The summed E-state index contributed by atoms with van der Waals surface area (Å²) in [6.45, 7) is -0.0239. The SMILES string of the molecule is CNc1cncc(C(=O)Nc2ccc(CO)cc2)n1. The van der Waals surface area contributed by atoms with Crippen molar-refractivity contribution in [3.05, 3.63) is 47.9 Å². The second-order valence-electron chi connectivity index (χ2n) is 3.85. The predicted molar refractivity (Wildman–Crippen MR) is 71.9 cm³/mol. The first-order valence-electron chi connectivity index (χ1n) is 5.74. The van der Waals surface area contributed by atoms with Crippen molar-refractivity contribution in [2.45, 2.75) is 6.61 Å². The van der Waals surface area contributed by atoms with Crippen LogP contribution < -0.4 is 10.6 Å².